The van der Waals surface area contributed by atoms with Gasteiger partial charge in [-0.1, -0.05) is 0 Å². The van der Waals surface area contributed by atoms with Gasteiger partial charge in [-0.15, -0.1) is 4.73 Å². The van der Waals surface area contributed by atoms with E-state index in [1.54, 1.807) is 6.07 Å². The number of nitrogens with two attached hydrogens (primary N) is 1. The molecule has 0 aliphatic rings. The molecule has 0 radical (unpaired) electrons. The van der Waals surface area contributed by atoms with Crippen LogP contribution >= 0.6 is 0 Å². The fourth-order valence-electron chi connectivity index (χ4n) is 0.705. The summed E-state index contributed by atoms with van der Waals surface area (Å²) in [4.78, 5) is 7.61. The largest absolute Gasteiger partial charge is 0.423 e. The molecule has 5 nitrogen and oxygen atoms in total. The van der Waals surface area contributed by atoms with Crippen molar-refractivity contribution in [3.63, 3.8) is 0 Å². The molecule has 1 aromatic rings. The van der Waals surface area contributed by atoms with E-state index in [1.165, 1.54) is 6.20 Å². The predicted molar refractivity (Wildman–Crippen MR) is 39.9 cm³/mol. The molecule has 60 valence electrons. The number of hydrogen-bond donors (Lipinski definition) is 2. The third-order valence-electron chi connectivity index (χ3n) is 1.18. The number of nitrogens with zero attached hydrogens (tertiary/aromatic N) is 3. The van der Waals surface area contributed by atoms with Gasteiger partial charge in [0.2, 0.25) is 5.95 Å². The summed E-state index contributed by atoms with van der Waals surface area (Å²) in [7, 11) is 0. The lowest BCUT2D eigenvalue weighted by molar-refractivity contribution is 0.175. The van der Waals surface area contributed by atoms with Gasteiger partial charge in [-0.05, 0) is 6.92 Å². The average molecular weight is 154 g/mol. The molecular weight excluding hydrogens is 144 g/mol. The molecule has 1 rings (SSSR count). The molecule has 1 aromatic heterocycles. The van der Waals surface area contributed by atoms with Crippen molar-refractivity contribution in [3.8, 4) is 0 Å². The van der Waals surface area contributed by atoms with E-state index in [0.29, 0.717) is 12.0 Å². The van der Waals surface area contributed by atoms with Gasteiger partial charge < -0.3 is 10.9 Å². The molecular formula is C6H10N4O. The first kappa shape index (κ1) is 7.59. The monoisotopic (exact) mass is 154 g/mol. The maximum atomic E-state index is 9.16. The van der Waals surface area contributed by atoms with E-state index < -0.39 is 0 Å². The van der Waals surface area contributed by atoms with Gasteiger partial charge in [-0.2, -0.15) is 0 Å². The van der Waals surface area contributed by atoms with Crippen molar-refractivity contribution in [2.75, 3.05) is 12.3 Å². The van der Waals surface area contributed by atoms with E-state index in [-0.39, 0.29) is 5.95 Å². The normalized spacial score (nSPS) is 11.9. The summed E-state index contributed by atoms with van der Waals surface area (Å²) < 4.78 is 0.753. The van der Waals surface area contributed by atoms with Gasteiger partial charge in [-0.25, -0.2) is 4.98 Å². The Bertz CT molecular complexity index is 304. The second kappa shape index (κ2) is 3.05. The van der Waals surface area contributed by atoms with Crippen LogP contribution in [0.1, 0.15) is 6.92 Å². The molecule has 5 heteroatoms. The Morgan fingerprint density at radius 2 is 2.55 bits per heavy atom. The van der Waals surface area contributed by atoms with Crippen molar-refractivity contribution in [2.24, 2.45) is 4.99 Å². The number of nitrogen functional groups attached to an aromatic ring is 1. The molecule has 11 heavy (non-hydrogen) atoms. The average Bonchev–Trinajstić information content (AvgIpc) is 1.99. The van der Waals surface area contributed by atoms with Crippen molar-refractivity contribution in [3.05, 3.63) is 17.8 Å². The number of anilines is 1. The molecule has 0 unspecified atom stereocenters. The summed E-state index contributed by atoms with van der Waals surface area (Å²) in [6.45, 7) is 2.47. The van der Waals surface area contributed by atoms with Crippen LogP contribution in [-0.4, -0.2) is 21.5 Å². The molecule has 0 bridgehead atoms. The van der Waals surface area contributed by atoms with Gasteiger partial charge in [0.25, 0.3) is 0 Å². The highest BCUT2D eigenvalue weighted by Crippen LogP contribution is 1.84. The molecule has 0 aromatic carbocycles. The number of hydrogen-bond acceptors (Lipinski definition) is 4. The van der Waals surface area contributed by atoms with E-state index >= 15 is 0 Å². The van der Waals surface area contributed by atoms with Crippen molar-refractivity contribution in [2.45, 2.75) is 6.92 Å². The SMILES string of the molecule is CCN=c1ccnc(N)n1O. The molecule has 0 fully saturated rings. The first-order valence-electron chi connectivity index (χ1n) is 3.29. The van der Waals surface area contributed by atoms with Gasteiger partial charge >= 0.3 is 0 Å². The standard InChI is InChI=1S/C6H10N4O/c1-2-8-5-3-4-9-6(7)10(5)11/h3-4,11H,2H2,1H3,(H2,7,9). The zero-order valence-electron chi connectivity index (χ0n) is 6.23. The smallest absolute Gasteiger partial charge is 0.236 e. The molecule has 0 aliphatic carbocycles. The molecule has 0 spiro atoms. The summed E-state index contributed by atoms with van der Waals surface area (Å²) >= 11 is 0. The van der Waals surface area contributed by atoms with Gasteiger partial charge in [0.1, 0.15) is 0 Å². The highest BCUT2D eigenvalue weighted by molar-refractivity contribution is 5.13. The van der Waals surface area contributed by atoms with Crippen LogP contribution in [0, 0.1) is 0 Å². The van der Waals surface area contributed by atoms with Crippen LogP contribution in [0.3, 0.4) is 0 Å². The fourth-order valence-corrected chi connectivity index (χ4v) is 0.705. The second-order valence-electron chi connectivity index (χ2n) is 1.95. The molecule has 0 aliphatic heterocycles. The fraction of sp³-hybridized carbons (Fsp3) is 0.333. The third kappa shape index (κ3) is 1.49. The lowest BCUT2D eigenvalue weighted by Gasteiger charge is -1.99. The van der Waals surface area contributed by atoms with Crippen LogP contribution in [-0.2, 0) is 0 Å². The maximum Gasteiger partial charge on any atom is 0.236 e. The third-order valence-corrected chi connectivity index (χ3v) is 1.18. The summed E-state index contributed by atoms with van der Waals surface area (Å²) in [6.07, 6.45) is 1.50. The van der Waals surface area contributed by atoms with E-state index in [2.05, 4.69) is 9.98 Å². The summed E-state index contributed by atoms with van der Waals surface area (Å²) in [5.74, 6) is 0.0414. The van der Waals surface area contributed by atoms with Crippen molar-refractivity contribution >= 4 is 5.95 Å². The molecule has 1 heterocycles. The summed E-state index contributed by atoms with van der Waals surface area (Å²) in [6, 6.07) is 1.58. The Morgan fingerprint density at radius 1 is 1.82 bits per heavy atom. The van der Waals surface area contributed by atoms with E-state index in [9.17, 15) is 0 Å². The van der Waals surface area contributed by atoms with Crippen LogP contribution < -0.4 is 11.2 Å². The lowest BCUT2D eigenvalue weighted by Crippen LogP contribution is -2.22. The van der Waals surface area contributed by atoms with Crippen LogP contribution in [0.2, 0.25) is 0 Å². The van der Waals surface area contributed by atoms with Crippen LogP contribution in [0.5, 0.6) is 0 Å². The number of rotatable bonds is 1. The van der Waals surface area contributed by atoms with E-state index in [0.717, 1.165) is 4.73 Å². The van der Waals surface area contributed by atoms with Crippen molar-refractivity contribution < 1.29 is 5.21 Å². The first-order valence-corrected chi connectivity index (χ1v) is 3.29. The highest BCUT2D eigenvalue weighted by atomic mass is 16.5. The minimum absolute atomic E-state index is 0.0414. The summed E-state index contributed by atoms with van der Waals surface area (Å²) in [5, 5.41) is 9.16. The van der Waals surface area contributed by atoms with E-state index in [1.807, 2.05) is 6.92 Å². The minimum atomic E-state index is 0.0414. The molecule has 0 amide bonds. The Labute approximate surface area is 63.8 Å². The Balaban J connectivity index is 3.28. The Kier molecular flexibility index (Phi) is 2.10. The van der Waals surface area contributed by atoms with Crippen molar-refractivity contribution in [1.29, 1.82) is 0 Å². The molecule has 0 atom stereocenters. The predicted octanol–water partition coefficient (Wildman–Crippen LogP) is -0.377. The van der Waals surface area contributed by atoms with E-state index in [4.69, 9.17) is 10.9 Å². The van der Waals surface area contributed by atoms with Gasteiger partial charge in [0, 0.05) is 18.8 Å². The van der Waals surface area contributed by atoms with Gasteiger partial charge in [-0.3, -0.25) is 4.99 Å². The van der Waals surface area contributed by atoms with Crippen LogP contribution in [0.15, 0.2) is 17.3 Å². The van der Waals surface area contributed by atoms with Gasteiger partial charge in [0.05, 0.1) is 0 Å². The van der Waals surface area contributed by atoms with Crippen molar-refractivity contribution in [1.82, 2.24) is 9.71 Å². The topological polar surface area (TPSA) is 76.4 Å². The lowest BCUT2D eigenvalue weighted by atomic mass is 10.6. The maximum absolute atomic E-state index is 9.16. The minimum Gasteiger partial charge on any atom is -0.423 e. The molecule has 3 N–H and O–H groups in total. The first-order chi connectivity index (χ1) is 5.25. The van der Waals surface area contributed by atoms with Crippen LogP contribution in [0.25, 0.3) is 0 Å². The van der Waals surface area contributed by atoms with Gasteiger partial charge in [0.15, 0.2) is 5.49 Å². The second-order valence-corrected chi connectivity index (χ2v) is 1.95. The summed E-state index contributed by atoms with van der Waals surface area (Å²) in [5.41, 5.74) is 5.71. The number of aromatic nitrogens is 2. The Hall–Kier alpha value is -1.52. The quantitative estimate of drug-likeness (QED) is 0.541. The molecule has 0 saturated heterocycles. The zero-order chi connectivity index (χ0) is 8.27. The Morgan fingerprint density at radius 3 is 3.18 bits per heavy atom. The zero-order valence-corrected chi connectivity index (χ0v) is 6.23. The van der Waals surface area contributed by atoms with Crippen LogP contribution in [0.4, 0.5) is 5.95 Å². The molecule has 0 saturated carbocycles. The highest BCUT2D eigenvalue weighted by Gasteiger charge is 1.93.